The number of benzene rings is 2. The van der Waals surface area contributed by atoms with Gasteiger partial charge in [0.15, 0.2) is 0 Å². The first-order valence-electron chi connectivity index (χ1n) is 7.93. The van der Waals surface area contributed by atoms with Gasteiger partial charge in [-0.3, -0.25) is 4.79 Å². The van der Waals surface area contributed by atoms with Crippen molar-refractivity contribution < 1.29 is 14.3 Å². The Balaban J connectivity index is 1.81. The van der Waals surface area contributed by atoms with Gasteiger partial charge in [0.05, 0.1) is 12.7 Å². The number of anilines is 2. The minimum absolute atomic E-state index is 0.116. The molecule has 0 spiro atoms. The summed E-state index contributed by atoms with van der Waals surface area (Å²) in [7, 11) is 1.33. The second kappa shape index (κ2) is 8.72. The third-order valence-corrected chi connectivity index (χ3v) is 3.61. The molecule has 2 N–H and O–H groups in total. The second-order valence-electron chi connectivity index (χ2n) is 5.35. The molecule has 0 aliphatic heterocycles. The van der Waals surface area contributed by atoms with Crippen LogP contribution in [-0.2, 0) is 16.0 Å². The van der Waals surface area contributed by atoms with Gasteiger partial charge in [-0.1, -0.05) is 25.1 Å². The van der Waals surface area contributed by atoms with Gasteiger partial charge in [0.2, 0.25) is 5.91 Å². The lowest BCUT2D eigenvalue weighted by Gasteiger charge is -2.09. The second-order valence-corrected chi connectivity index (χ2v) is 5.35. The van der Waals surface area contributed by atoms with Crippen molar-refractivity contribution in [1.29, 1.82) is 0 Å². The van der Waals surface area contributed by atoms with Crippen molar-refractivity contribution in [3.05, 3.63) is 59.7 Å². The van der Waals surface area contributed by atoms with E-state index in [1.807, 2.05) is 12.1 Å². The van der Waals surface area contributed by atoms with Gasteiger partial charge >= 0.3 is 5.97 Å². The Morgan fingerprint density at radius 3 is 2.46 bits per heavy atom. The van der Waals surface area contributed by atoms with E-state index < -0.39 is 5.97 Å². The van der Waals surface area contributed by atoms with E-state index in [4.69, 9.17) is 0 Å². The van der Waals surface area contributed by atoms with E-state index in [2.05, 4.69) is 34.4 Å². The monoisotopic (exact) mass is 326 g/mol. The summed E-state index contributed by atoms with van der Waals surface area (Å²) in [6.07, 6.45) is 1.34. The van der Waals surface area contributed by atoms with Crippen molar-refractivity contribution in [2.45, 2.75) is 19.8 Å². The summed E-state index contributed by atoms with van der Waals surface area (Å²) in [6, 6.07) is 14.8. The molecule has 0 saturated carbocycles. The normalized spacial score (nSPS) is 10.1. The third-order valence-electron chi connectivity index (χ3n) is 3.61. The molecule has 0 bridgehead atoms. The summed E-state index contributed by atoms with van der Waals surface area (Å²) >= 11 is 0. The molecule has 2 rings (SSSR count). The molecular formula is C19H22N2O3. The molecule has 2 aromatic carbocycles. The van der Waals surface area contributed by atoms with Crippen LogP contribution in [-0.4, -0.2) is 25.5 Å². The van der Waals surface area contributed by atoms with Gasteiger partial charge in [0.1, 0.15) is 0 Å². The molecule has 0 fully saturated rings. The van der Waals surface area contributed by atoms with Crippen molar-refractivity contribution >= 4 is 23.3 Å². The maximum atomic E-state index is 12.0. The van der Waals surface area contributed by atoms with Crippen LogP contribution in [0.3, 0.4) is 0 Å². The van der Waals surface area contributed by atoms with Gasteiger partial charge in [0, 0.05) is 24.3 Å². The fraction of sp³-hybridized carbons (Fsp3) is 0.263. The molecule has 0 heterocycles. The van der Waals surface area contributed by atoms with Crippen LogP contribution in [0, 0.1) is 0 Å². The molecular weight excluding hydrogens is 304 g/mol. The minimum atomic E-state index is -0.428. The molecule has 5 heteroatoms. The number of esters is 1. The van der Waals surface area contributed by atoms with E-state index in [-0.39, 0.29) is 5.91 Å². The molecule has 0 aliphatic rings. The predicted molar refractivity (Wildman–Crippen MR) is 95.3 cm³/mol. The molecule has 1 amide bonds. The number of amides is 1. The lowest BCUT2D eigenvalue weighted by Crippen LogP contribution is -2.16. The SMILES string of the molecule is CCc1ccc(NCCC(=O)Nc2cccc(C(=O)OC)c2)cc1. The average Bonchev–Trinajstić information content (AvgIpc) is 2.61. The predicted octanol–water partition coefficient (Wildman–Crippen LogP) is 3.48. The molecule has 24 heavy (non-hydrogen) atoms. The molecule has 0 unspecified atom stereocenters. The lowest BCUT2D eigenvalue weighted by atomic mass is 10.1. The van der Waals surface area contributed by atoms with E-state index >= 15 is 0 Å². The van der Waals surface area contributed by atoms with Crippen LogP contribution >= 0.6 is 0 Å². The van der Waals surface area contributed by atoms with Crippen molar-refractivity contribution in [1.82, 2.24) is 0 Å². The van der Waals surface area contributed by atoms with Crippen LogP contribution in [0.2, 0.25) is 0 Å². The van der Waals surface area contributed by atoms with Crippen molar-refractivity contribution in [2.75, 3.05) is 24.3 Å². The molecule has 0 saturated heterocycles. The standard InChI is InChI=1S/C19H22N2O3/c1-3-14-7-9-16(10-8-14)20-12-11-18(22)21-17-6-4-5-15(13-17)19(23)24-2/h4-10,13,20H,3,11-12H2,1-2H3,(H,21,22). The summed E-state index contributed by atoms with van der Waals surface area (Å²) in [5, 5.41) is 6.00. The zero-order chi connectivity index (χ0) is 17.4. The van der Waals surface area contributed by atoms with Crippen LogP contribution in [0.15, 0.2) is 48.5 Å². The Labute approximate surface area is 142 Å². The van der Waals surface area contributed by atoms with Gasteiger partial charge in [0.25, 0.3) is 0 Å². The zero-order valence-electron chi connectivity index (χ0n) is 14.0. The molecule has 126 valence electrons. The number of carbonyl (C=O) groups is 2. The highest BCUT2D eigenvalue weighted by atomic mass is 16.5. The van der Waals surface area contributed by atoms with Crippen molar-refractivity contribution in [3.8, 4) is 0 Å². The van der Waals surface area contributed by atoms with Gasteiger partial charge in [-0.2, -0.15) is 0 Å². The zero-order valence-corrected chi connectivity index (χ0v) is 14.0. The number of aryl methyl sites for hydroxylation is 1. The van der Waals surface area contributed by atoms with Crippen LogP contribution in [0.1, 0.15) is 29.3 Å². The van der Waals surface area contributed by atoms with E-state index in [9.17, 15) is 9.59 Å². The molecule has 0 aromatic heterocycles. The smallest absolute Gasteiger partial charge is 0.337 e. The van der Waals surface area contributed by atoms with E-state index in [1.54, 1.807) is 24.3 Å². The molecule has 0 aliphatic carbocycles. The molecule has 0 atom stereocenters. The first-order chi connectivity index (χ1) is 11.6. The number of nitrogens with one attached hydrogen (secondary N) is 2. The number of rotatable bonds is 7. The highest BCUT2D eigenvalue weighted by Gasteiger charge is 2.07. The average molecular weight is 326 g/mol. The quantitative estimate of drug-likeness (QED) is 0.765. The van der Waals surface area contributed by atoms with E-state index in [1.165, 1.54) is 12.7 Å². The van der Waals surface area contributed by atoms with Gasteiger partial charge in [-0.15, -0.1) is 0 Å². The Hall–Kier alpha value is -2.82. The first-order valence-corrected chi connectivity index (χ1v) is 7.93. The van der Waals surface area contributed by atoms with Gasteiger partial charge in [-0.05, 0) is 42.3 Å². The number of hydrogen-bond acceptors (Lipinski definition) is 4. The summed E-state index contributed by atoms with van der Waals surface area (Å²) in [4.78, 5) is 23.5. The first kappa shape index (κ1) is 17.5. The largest absolute Gasteiger partial charge is 0.465 e. The Bertz CT molecular complexity index is 696. The number of hydrogen-bond donors (Lipinski definition) is 2. The maximum Gasteiger partial charge on any atom is 0.337 e. The topological polar surface area (TPSA) is 67.4 Å². The highest BCUT2D eigenvalue weighted by Crippen LogP contribution is 2.13. The number of ether oxygens (including phenoxy) is 1. The van der Waals surface area contributed by atoms with E-state index in [0.717, 1.165) is 12.1 Å². The van der Waals surface area contributed by atoms with Crippen LogP contribution < -0.4 is 10.6 Å². The molecule has 0 radical (unpaired) electrons. The maximum absolute atomic E-state index is 12.0. The van der Waals surface area contributed by atoms with Crippen molar-refractivity contribution in [2.24, 2.45) is 0 Å². The van der Waals surface area contributed by atoms with E-state index in [0.29, 0.717) is 24.2 Å². The van der Waals surface area contributed by atoms with Crippen molar-refractivity contribution in [3.63, 3.8) is 0 Å². The fourth-order valence-corrected chi connectivity index (χ4v) is 2.24. The van der Waals surface area contributed by atoms with Crippen LogP contribution in [0.5, 0.6) is 0 Å². The minimum Gasteiger partial charge on any atom is -0.465 e. The highest BCUT2D eigenvalue weighted by molar-refractivity contribution is 5.94. The third kappa shape index (κ3) is 5.12. The Morgan fingerprint density at radius 1 is 1.04 bits per heavy atom. The number of carbonyl (C=O) groups excluding carboxylic acids is 2. The Kier molecular flexibility index (Phi) is 6.37. The van der Waals surface area contributed by atoms with Gasteiger partial charge < -0.3 is 15.4 Å². The number of methoxy groups -OCH3 is 1. The lowest BCUT2D eigenvalue weighted by molar-refractivity contribution is -0.115. The van der Waals surface area contributed by atoms with Gasteiger partial charge in [-0.25, -0.2) is 4.79 Å². The van der Waals surface area contributed by atoms with Crippen LogP contribution in [0.4, 0.5) is 11.4 Å². The fourth-order valence-electron chi connectivity index (χ4n) is 2.24. The molecule has 5 nitrogen and oxygen atoms in total. The summed E-state index contributed by atoms with van der Waals surface area (Å²) in [5.74, 6) is -0.544. The van der Waals surface area contributed by atoms with Crippen LogP contribution in [0.25, 0.3) is 0 Å². The summed E-state index contributed by atoms with van der Waals surface area (Å²) in [5.41, 5.74) is 3.26. The summed E-state index contributed by atoms with van der Waals surface area (Å²) in [6.45, 7) is 2.65. The Morgan fingerprint density at radius 2 is 1.79 bits per heavy atom. The molecule has 2 aromatic rings. The summed E-state index contributed by atoms with van der Waals surface area (Å²) < 4.78 is 4.66.